The molecule has 0 unspecified atom stereocenters. The van der Waals surface area contributed by atoms with Crippen molar-refractivity contribution in [3.8, 4) is 17.0 Å². The predicted octanol–water partition coefficient (Wildman–Crippen LogP) is 3.79. The lowest BCUT2D eigenvalue weighted by atomic mass is 10.1. The van der Waals surface area contributed by atoms with Gasteiger partial charge < -0.3 is 10.1 Å². The number of thiazole rings is 1. The second-order valence-corrected chi connectivity index (χ2v) is 7.91. The highest BCUT2D eigenvalue weighted by Crippen LogP contribution is 2.37. The quantitative estimate of drug-likeness (QED) is 0.732. The van der Waals surface area contributed by atoms with Crippen molar-refractivity contribution in [3.05, 3.63) is 58.4 Å². The first-order valence-corrected chi connectivity index (χ1v) is 9.69. The molecule has 2 aromatic carbocycles. The number of rotatable bonds is 4. The Bertz CT molecular complexity index is 1050. The average molecular weight is 393 g/mol. The standard InChI is InChI=1S/C21H19N3O3S/c1-13-21(22-14(2)28-13)15-8-9-18-17(10-15)24(20(26)12-27-18)11-19(25)23-16-6-4-3-5-7-16/h3-10H,11-12H2,1-2H3,(H,23,25). The van der Waals surface area contributed by atoms with Crippen LogP contribution in [0.3, 0.4) is 0 Å². The maximum Gasteiger partial charge on any atom is 0.265 e. The summed E-state index contributed by atoms with van der Waals surface area (Å²) in [4.78, 5) is 32.1. The molecule has 0 fully saturated rings. The van der Waals surface area contributed by atoms with Gasteiger partial charge in [-0.1, -0.05) is 18.2 Å². The van der Waals surface area contributed by atoms with Crippen molar-refractivity contribution in [1.29, 1.82) is 0 Å². The lowest BCUT2D eigenvalue weighted by Crippen LogP contribution is -2.43. The number of carbonyl (C=O) groups excluding carboxylic acids is 2. The molecule has 0 aliphatic carbocycles. The summed E-state index contributed by atoms with van der Waals surface area (Å²) < 4.78 is 5.55. The number of amides is 2. The molecule has 2 heterocycles. The van der Waals surface area contributed by atoms with E-state index in [9.17, 15) is 9.59 Å². The van der Waals surface area contributed by atoms with Gasteiger partial charge in [-0.05, 0) is 44.2 Å². The molecule has 28 heavy (non-hydrogen) atoms. The SMILES string of the molecule is Cc1nc(-c2ccc3c(c2)N(CC(=O)Nc2ccccc2)C(=O)CO3)c(C)s1. The second kappa shape index (κ2) is 7.44. The lowest BCUT2D eigenvalue weighted by molar-refractivity contribution is -0.123. The zero-order valence-electron chi connectivity index (χ0n) is 15.6. The summed E-state index contributed by atoms with van der Waals surface area (Å²) in [6, 6.07) is 14.8. The molecular formula is C21H19N3O3S. The summed E-state index contributed by atoms with van der Waals surface area (Å²) in [5, 5.41) is 3.80. The normalized spacial score (nSPS) is 13.1. The molecule has 3 aromatic rings. The second-order valence-electron chi connectivity index (χ2n) is 6.50. The van der Waals surface area contributed by atoms with E-state index in [1.165, 1.54) is 4.90 Å². The van der Waals surface area contributed by atoms with Gasteiger partial charge in [0.05, 0.1) is 16.4 Å². The van der Waals surface area contributed by atoms with E-state index in [-0.39, 0.29) is 25.0 Å². The minimum atomic E-state index is -0.265. The molecule has 1 N–H and O–H groups in total. The molecule has 1 aromatic heterocycles. The molecule has 0 saturated carbocycles. The van der Waals surface area contributed by atoms with Crippen LogP contribution in [0, 0.1) is 13.8 Å². The van der Waals surface area contributed by atoms with E-state index >= 15 is 0 Å². The van der Waals surface area contributed by atoms with Gasteiger partial charge in [0.1, 0.15) is 12.3 Å². The van der Waals surface area contributed by atoms with Crippen molar-refractivity contribution in [2.45, 2.75) is 13.8 Å². The van der Waals surface area contributed by atoms with Crippen molar-refractivity contribution in [3.63, 3.8) is 0 Å². The van der Waals surface area contributed by atoms with E-state index in [4.69, 9.17) is 4.74 Å². The Kier molecular flexibility index (Phi) is 4.83. The van der Waals surface area contributed by atoms with E-state index in [1.807, 2.05) is 50.2 Å². The van der Waals surface area contributed by atoms with Crippen LogP contribution in [0.25, 0.3) is 11.3 Å². The fraction of sp³-hybridized carbons (Fsp3) is 0.190. The van der Waals surface area contributed by atoms with Crippen molar-refractivity contribution < 1.29 is 14.3 Å². The van der Waals surface area contributed by atoms with Crippen molar-refractivity contribution in [1.82, 2.24) is 4.98 Å². The van der Waals surface area contributed by atoms with Gasteiger partial charge in [-0.3, -0.25) is 14.5 Å². The number of ether oxygens (including phenoxy) is 1. The number of benzene rings is 2. The Hall–Kier alpha value is -3.19. The van der Waals surface area contributed by atoms with Crippen LogP contribution in [0.15, 0.2) is 48.5 Å². The van der Waals surface area contributed by atoms with E-state index in [0.29, 0.717) is 17.1 Å². The molecule has 0 spiro atoms. The van der Waals surface area contributed by atoms with Crippen molar-refractivity contribution in [2.24, 2.45) is 0 Å². The molecule has 0 saturated heterocycles. The molecule has 2 amide bonds. The number of aryl methyl sites for hydroxylation is 2. The summed E-state index contributed by atoms with van der Waals surface area (Å²) >= 11 is 1.63. The van der Waals surface area contributed by atoms with Gasteiger partial charge in [0.15, 0.2) is 6.61 Å². The van der Waals surface area contributed by atoms with E-state index in [1.54, 1.807) is 23.5 Å². The number of nitrogens with one attached hydrogen (secondary N) is 1. The first-order valence-electron chi connectivity index (χ1n) is 8.88. The van der Waals surface area contributed by atoms with Gasteiger partial charge in [-0.25, -0.2) is 4.98 Å². The van der Waals surface area contributed by atoms with Gasteiger partial charge in [-0.2, -0.15) is 0 Å². The summed E-state index contributed by atoms with van der Waals surface area (Å²) in [6.07, 6.45) is 0. The summed E-state index contributed by atoms with van der Waals surface area (Å²) in [6.45, 7) is 3.82. The van der Waals surface area contributed by atoms with Crippen LogP contribution in [-0.2, 0) is 9.59 Å². The van der Waals surface area contributed by atoms with Gasteiger partial charge in [0, 0.05) is 16.1 Å². The number of hydrogen-bond donors (Lipinski definition) is 1. The average Bonchev–Trinajstić information content (AvgIpc) is 3.02. The van der Waals surface area contributed by atoms with Gasteiger partial charge in [0.2, 0.25) is 5.91 Å². The minimum absolute atomic E-state index is 0.0807. The molecule has 4 rings (SSSR count). The number of fused-ring (bicyclic) bond motifs is 1. The van der Waals surface area contributed by atoms with Crippen LogP contribution >= 0.6 is 11.3 Å². The third kappa shape index (κ3) is 3.61. The van der Waals surface area contributed by atoms with Crippen LogP contribution < -0.4 is 15.0 Å². The number of para-hydroxylation sites is 1. The summed E-state index contributed by atoms with van der Waals surface area (Å²) in [5.41, 5.74) is 3.06. The molecule has 7 heteroatoms. The number of hydrogen-bond acceptors (Lipinski definition) is 5. The smallest absolute Gasteiger partial charge is 0.265 e. The predicted molar refractivity (Wildman–Crippen MR) is 110 cm³/mol. The Balaban J connectivity index is 1.62. The monoisotopic (exact) mass is 393 g/mol. The highest BCUT2D eigenvalue weighted by Gasteiger charge is 2.28. The van der Waals surface area contributed by atoms with Crippen LogP contribution in [0.5, 0.6) is 5.75 Å². The fourth-order valence-corrected chi connectivity index (χ4v) is 4.03. The highest BCUT2D eigenvalue weighted by atomic mass is 32.1. The van der Waals surface area contributed by atoms with Crippen LogP contribution in [0.2, 0.25) is 0 Å². The third-order valence-electron chi connectivity index (χ3n) is 4.44. The van der Waals surface area contributed by atoms with Crippen molar-refractivity contribution >= 4 is 34.5 Å². The number of nitrogens with zero attached hydrogens (tertiary/aromatic N) is 2. The van der Waals surface area contributed by atoms with Crippen molar-refractivity contribution in [2.75, 3.05) is 23.4 Å². The first-order chi connectivity index (χ1) is 13.5. The number of aromatic nitrogens is 1. The maximum absolute atomic E-state index is 12.5. The minimum Gasteiger partial charge on any atom is -0.482 e. The van der Waals surface area contributed by atoms with E-state index in [0.717, 1.165) is 21.1 Å². The zero-order valence-corrected chi connectivity index (χ0v) is 16.4. The highest BCUT2D eigenvalue weighted by molar-refractivity contribution is 7.11. The molecular weight excluding hydrogens is 374 g/mol. The third-order valence-corrected chi connectivity index (χ3v) is 5.32. The number of carbonyl (C=O) groups is 2. The Labute approximate surface area is 166 Å². The van der Waals surface area contributed by atoms with Gasteiger partial charge >= 0.3 is 0 Å². The largest absolute Gasteiger partial charge is 0.482 e. The first kappa shape index (κ1) is 18.2. The fourth-order valence-electron chi connectivity index (χ4n) is 3.19. The van der Waals surface area contributed by atoms with Crippen LogP contribution in [-0.4, -0.2) is 29.9 Å². The lowest BCUT2D eigenvalue weighted by Gasteiger charge is -2.29. The van der Waals surface area contributed by atoms with Crippen LogP contribution in [0.1, 0.15) is 9.88 Å². The molecule has 1 aliphatic rings. The van der Waals surface area contributed by atoms with Gasteiger partial charge in [0.25, 0.3) is 5.91 Å². The molecule has 0 bridgehead atoms. The number of anilines is 2. The molecule has 6 nitrogen and oxygen atoms in total. The molecule has 0 atom stereocenters. The zero-order chi connectivity index (χ0) is 19.7. The molecule has 142 valence electrons. The van der Waals surface area contributed by atoms with E-state index in [2.05, 4.69) is 10.3 Å². The Morgan fingerprint density at radius 1 is 1.21 bits per heavy atom. The topological polar surface area (TPSA) is 71.5 Å². The Morgan fingerprint density at radius 2 is 2.00 bits per heavy atom. The van der Waals surface area contributed by atoms with Gasteiger partial charge in [-0.15, -0.1) is 11.3 Å². The molecule has 0 radical (unpaired) electrons. The Morgan fingerprint density at radius 3 is 2.71 bits per heavy atom. The van der Waals surface area contributed by atoms with Crippen LogP contribution in [0.4, 0.5) is 11.4 Å². The molecule has 1 aliphatic heterocycles. The summed E-state index contributed by atoms with van der Waals surface area (Å²) in [5.74, 6) is 0.0676. The summed E-state index contributed by atoms with van der Waals surface area (Å²) in [7, 11) is 0. The maximum atomic E-state index is 12.5. The van der Waals surface area contributed by atoms with E-state index < -0.39 is 0 Å².